The number of hydrogen-bond donors (Lipinski definition) is 12. The van der Waals surface area contributed by atoms with Crippen molar-refractivity contribution in [3.05, 3.63) is 77.1 Å². The van der Waals surface area contributed by atoms with Crippen molar-refractivity contribution in [2.75, 3.05) is 26.9 Å². The maximum absolute atomic E-state index is 14.5. The van der Waals surface area contributed by atoms with Crippen molar-refractivity contribution < 1.29 is 123 Å². The number of allylic oxidation sites excluding steroid dienone is 1. The van der Waals surface area contributed by atoms with Crippen LogP contribution >= 0.6 is 0 Å². The van der Waals surface area contributed by atoms with Crippen LogP contribution < -0.4 is 0 Å². The monoisotopic (exact) mass is 1010 g/mol. The Bertz CT molecular complexity index is 2250. The summed E-state index contributed by atoms with van der Waals surface area (Å²) in [6, 6.07) is 7.59. The Labute approximate surface area is 404 Å². The molecule has 3 saturated heterocycles. The number of benzene rings is 2. The molecule has 25 nitrogen and oxygen atoms in total. The number of aliphatic hydroxyl groups is 8. The highest BCUT2D eigenvalue weighted by atomic mass is 16.8. The molecule has 0 spiro atoms. The molecule has 0 aromatic heterocycles. The molecule has 392 valence electrons. The van der Waals surface area contributed by atoms with Crippen LogP contribution in [0.5, 0.6) is 23.0 Å². The molecule has 0 aliphatic carbocycles. The predicted molar refractivity (Wildman–Crippen MR) is 233 cm³/mol. The van der Waals surface area contributed by atoms with Crippen LogP contribution in [0.3, 0.4) is 0 Å². The van der Waals surface area contributed by atoms with Crippen LogP contribution in [0.2, 0.25) is 0 Å². The zero-order valence-electron chi connectivity index (χ0n) is 38.3. The minimum atomic E-state index is -2.00. The van der Waals surface area contributed by atoms with E-state index in [2.05, 4.69) is 0 Å². The maximum Gasteiger partial charge on any atom is 0.337 e. The van der Waals surface area contributed by atoms with E-state index >= 15 is 0 Å². The molecule has 17 atom stereocenters. The average Bonchev–Trinajstić information content (AvgIpc) is 3.35. The van der Waals surface area contributed by atoms with Crippen LogP contribution in [-0.4, -0.2) is 205 Å². The van der Waals surface area contributed by atoms with Gasteiger partial charge in [0.2, 0.25) is 6.29 Å². The fraction of sp³-hybridized carbons (Fsp3) is 0.543. The topological polar surface area (TPSA) is 386 Å². The smallest absolute Gasteiger partial charge is 0.337 e. The van der Waals surface area contributed by atoms with Crippen LogP contribution in [0.4, 0.5) is 0 Å². The SMILES string of the molecule is C/C=C1/C(CC(=O)O[C@H]2[C@H](OCCc3ccc(O)c(O)c3)O[C@H](CO)[C@@H](OC(=O)/C=C/c3ccc(O)c(O)c3)[C@@H]2O[C@@H]2O[C@@H](C)[C@H](O)[C@@H](O)[C@H]2O)C(C(=O)OC)=CO[C@H]1O[C@@H]1O[C@H](CO)[C@@H](O)[C@H](O)[C@H]1O. The number of aliphatic hydroxyl groups excluding tert-OH is 8. The van der Waals surface area contributed by atoms with Crippen molar-refractivity contribution in [3.8, 4) is 23.0 Å². The Morgan fingerprint density at radius 1 is 0.690 bits per heavy atom. The van der Waals surface area contributed by atoms with Crippen LogP contribution in [0.25, 0.3) is 6.08 Å². The fourth-order valence-corrected chi connectivity index (χ4v) is 8.15. The lowest BCUT2D eigenvalue weighted by Crippen LogP contribution is -2.65. The van der Waals surface area contributed by atoms with E-state index in [1.807, 2.05) is 0 Å². The summed E-state index contributed by atoms with van der Waals surface area (Å²) in [7, 11) is 1.05. The Morgan fingerprint density at radius 2 is 1.32 bits per heavy atom. The van der Waals surface area contributed by atoms with E-state index in [0.717, 1.165) is 31.6 Å². The second-order valence-electron chi connectivity index (χ2n) is 16.8. The predicted octanol–water partition coefficient (Wildman–Crippen LogP) is -2.28. The molecule has 2 aromatic carbocycles. The first-order valence-electron chi connectivity index (χ1n) is 22.2. The number of rotatable bonds is 17. The highest BCUT2D eigenvalue weighted by Gasteiger charge is 2.55. The third kappa shape index (κ3) is 12.8. The maximum atomic E-state index is 14.5. The Hall–Kier alpha value is -5.49. The first-order chi connectivity index (χ1) is 33.8. The minimum Gasteiger partial charge on any atom is -0.504 e. The standard InChI is InChI=1S/C46H58O25/c1-4-22-23(24(42(61)62-3)18-64-43(22)71-45-38(60)36(58)34(56)29(16-47)66-45)15-32(54)69-41-40(70-44-37(59)35(57)33(55)19(2)65-44)39(68-31(53)10-7-20-5-8-25(49)27(51)13-20)30(17-48)67-46(41)63-12-11-21-6-9-26(50)28(52)14-21/h4-10,13-14,18-19,23,29-30,33-41,43-52,55-60H,11-12,15-17H2,1-3H3/b10-7+,22-4-/t19-,23?,29+,30+,33-,34+,35+,36-,37+,38+,39+,40-,41+,43-,44-,45-,46+/m0/s1. The van der Waals surface area contributed by atoms with Gasteiger partial charge in [0.05, 0.1) is 51.3 Å². The minimum absolute atomic E-state index is 0.0155. The van der Waals surface area contributed by atoms with Crippen molar-refractivity contribution in [2.45, 2.75) is 125 Å². The van der Waals surface area contributed by atoms with E-state index in [9.17, 15) is 75.7 Å². The summed E-state index contributed by atoms with van der Waals surface area (Å²) in [6.07, 6.45) is -24.0. The summed E-state index contributed by atoms with van der Waals surface area (Å²) < 4.78 is 57.9. The normalized spacial score (nSPS) is 34.8. The van der Waals surface area contributed by atoms with Gasteiger partial charge in [0.25, 0.3) is 0 Å². The van der Waals surface area contributed by atoms with Gasteiger partial charge in [0.1, 0.15) is 54.9 Å². The first kappa shape index (κ1) is 54.8. The van der Waals surface area contributed by atoms with E-state index in [-0.39, 0.29) is 29.7 Å². The molecule has 4 aliphatic heterocycles. The van der Waals surface area contributed by atoms with E-state index < -0.39 is 165 Å². The number of phenols is 4. The van der Waals surface area contributed by atoms with E-state index in [1.54, 1.807) is 0 Å². The summed E-state index contributed by atoms with van der Waals surface area (Å²) in [5.74, 6) is -6.42. The van der Waals surface area contributed by atoms with Gasteiger partial charge in [-0.25, -0.2) is 9.59 Å². The molecule has 4 aliphatic rings. The molecule has 12 N–H and O–H groups in total. The van der Waals surface area contributed by atoms with E-state index in [0.29, 0.717) is 5.56 Å². The van der Waals surface area contributed by atoms with Gasteiger partial charge in [-0.05, 0) is 61.7 Å². The molecule has 71 heavy (non-hydrogen) atoms. The van der Waals surface area contributed by atoms with Crippen molar-refractivity contribution in [2.24, 2.45) is 5.92 Å². The summed E-state index contributed by atoms with van der Waals surface area (Å²) in [5, 5.41) is 124. The molecule has 0 bridgehead atoms. The van der Waals surface area contributed by atoms with Gasteiger partial charge in [-0.2, -0.15) is 0 Å². The molecule has 4 heterocycles. The third-order valence-corrected chi connectivity index (χ3v) is 12.1. The molecule has 6 rings (SSSR count). The number of ether oxygens (including phenoxy) is 10. The molecule has 3 fully saturated rings. The lowest BCUT2D eigenvalue weighted by atomic mass is 9.86. The number of aromatic hydroxyl groups is 4. The summed E-state index contributed by atoms with van der Waals surface area (Å²) in [6.45, 7) is 0.814. The fourth-order valence-electron chi connectivity index (χ4n) is 8.15. The van der Waals surface area contributed by atoms with Crippen molar-refractivity contribution in [3.63, 3.8) is 0 Å². The Morgan fingerprint density at radius 3 is 1.96 bits per heavy atom. The van der Waals surface area contributed by atoms with Gasteiger partial charge in [-0.15, -0.1) is 0 Å². The zero-order chi connectivity index (χ0) is 51.8. The quantitative estimate of drug-likeness (QED) is 0.0261. The Kier molecular flexibility index (Phi) is 18.8. The average molecular weight is 1010 g/mol. The lowest BCUT2D eigenvalue weighted by Gasteiger charge is -2.47. The number of hydrogen-bond acceptors (Lipinski definition) is 25. The highest BCUT2D eigenvalue weighted by molar-refractivity contribution is 5.91. The molecule has 1 unspecified atom stereocenters. The largest absolute Gasteiger partial charge is 0.504 e. The van der Waals surface area contributed by atoms with E-state index in [4.69, 9.17) is 47.4 Å². The van der Waals surface area contributed by atoms with Gasteiger partial charge in [0.15, 0.2) is 54.1 Å². The molecular weight excluding hydrogens is 952 g/mol. The second kappa shape index (κ2) is 24.3. The van der Waals surface area contributed by atoms with Crippen LogP contribution in [0.1, 0.15) is 31.4 Å². The second-order valence-corrected chi connectivity index (χ2v) is 16.8. The van der Waals surface area contributed by atoms with E-state index in [1.165, 1.54) is 50.3 Å². The van der Waals surface area contributed by atoms with Crippen LogP contribution in [-0.2, 0) is 68.2 Å². The molecule has 0 saturated carbocycles. The van der Waals surface area contributed by atoms with Gasteiger partial charge in [0, 0.05) is 17.6 Å². The first-order valence-corrected chi connectivity index (χ1v) is 22.2. The molecular formula is C46H58O25. The zero-order valence-corrected chi connectivity index (χ0v) is 38.3. The molecule has 2 aromatic rings. The summed E-state index contributed by atoms with van der Waals surface area (Å²) in [4.78, 5) is 41.3. The van der Waals surface area contributed by atoms with Crippen LogP contribution in [0.15, 0.2) is 66.0 Å². The number of methoxy groups -OCH3 is 1. The molecule has 0 radical (unpaired) electrons. The van der Waals surface area contributed by atoms with Gasteiger partial charge >= 0.3 is 17.9 Å². The highest BCUT2D eigenvalue weighted by Crippen LogP contribution is 2.39. The van der Waals surface area contributed by atoms with Gasteiger partial charge in [-0.3, -0.25) is 4.79 Å². The summed E-state index contributed by atoms with van der Waals surface area (Å²) >= 11 is 0. The van der Waals surface area contributed by atoms with Crippen LogP contribution in [0, 0.1) is 5.92 Å². The van der Waals surface area contributed by atoms with Gasteiger partial charge in [-0.1, -0.05) is 18.2 Å². The molecule has 0 amide bonds. The number of carbonyl (C=O) groups is 3. The molecule has 25 heteroatoms. The third-order valence-electron chi connectivity index (χ3n) is 12.1. The van der Waals surface area contributed by atoms with Crippen molar-refractivity contribution >= 4 is 24.0 Å². The van der Waals surface area contributed by atoms with Crippen molar-refractivity contribution in [1.82, 2.24) is 0 Å². The van der Waals surface area contributed by atoms with Crippen molar-refractivity contribution in [1.29, 1.82) is 0 Å². The summed E-state index contributed by atoms with van der Waals surface area (Å²) in [5.41, 5.74) is 0.435. The Balaban J connectivity index is 1.35. The number of carbonyl (C=O) groups excluding carboxylic acids is 3. The lowest BCUT2D eigenvalue weighted by molar-refractivity contribution is -0.358. The number of esters is 3. The number of phenolic OH excluding ortho intramolecular Hbond substituents is 4. The van der Waals surface area contributed by atoms with Gasteiger partial charge < -0.3 is 109 Å².